The maximum absolute atomic E-state index is 13.9. The molecule has 1 aliphatic heterocycles. The van der Waals surface area contributed by atoms with Gasteiger partial charge in [-0.15, -0.1) is 11.8 Å². The predicted octanol–water partition coefficient (Wildman–Crippen LogP) is 5.45. The summed E-state index contributed by atoms with van der Waals surface area (Å²) in [5.74, 6) is 0.0253. The van der Waals surface area contributed by atoms with Crippen LogP contribution in [0.3, 0.4) is 0 Å². The average Bonchev–Trinajstić information content (AvgIpc) is 3.02. The summed E-state index contributed by atoms with van der Waals surface area (Å²) in [5.41, 5.74) is 2.88. The van der Waals surface area contributed by atoms with Gasteiger partial charge < -0.3 is 19.3 Å². The summed E-state index contributed by atoms with van der Waals surface area (Å²) in [6.07, 6.45) is 3.26. The summed E-state index contributed by atoms with van der Waals surface area (Å²) in [7, 11) is 3.64. The lowest BCUT2D eigenvalue weighted by Crippen LogP contribution is -2.45. The van der Waals surface area contributed by atoms with Crippen LogP contribution in [0.5, 0.6) is 5.75 Å². The molecule has 0 saturated carbocycles. The molecule has 4 rings (SSSR count). The lowest BCUT2D eigenvalue weighted by molar-refractivity contribution is -0.152. The van der Waals surface area contributed by atoms with E-state index in [1.54, 1.807) is 23.8 Å². The van der Waals surface area contributed by atoms with Gasteiger partial charge in [0.1, 0.15) is 5.75 Å². The molecule has 0 spiro atoms. The Morgan fingerprint density at radius 2 is 1.73 bits per heavy atom. The van der Waals surface area contributed by atoms with E-state index >= 15 is 0 Å². The number of hydrogen-bond acceptors (Lipinski definition) is 6. The van der Waals surface area contributed by atoms with Crippen LogP contribution in [0.1, 0.15) is 23.3 Å². The number of ether oxygens (including phenoxy) is 2. The molecule has 0 radical (unpaired) electrons. The van der Waals surface area contributed by atoms with Gasteiger partial charge in [0, 0.05) is 31.5 Å². The fraction of sp³-hybridized carbons (Fsp3) is 0.267. The Morgan fingerprint density at radius 1 is 1.03 bits per heavy atom. The number of rotatable bonds is 9. The van der Waals surface area contributed by atoms with E-state index in [0.29, 0.717) is 13.1 Å². The number of fused-ring (bicyclic) bond motifs is 1. The lowest BCUT2D eigenvalue weighted by atomic mass is 10.1. The van der Waals surface area contributed by atoms with Gasteiger partial charge in [-0.05, 0) is 42.4 Å². The smallest absolute Gasteiger partial charge is 0.303 e. The lowest BCUT2D eigenvalue weighted by Gasteiger charge is -2.29. The van der Waals surface area contributed by atoms with Crippen LogP contribution in [0.4, 0.5) is 5.69 Å². The minimum absolute atomic E-state index is 0.221. The first kappa shape index (κ1) is 26.5. The topological polar surface area (TPSA) is 59.1 Å². The molecule has 0 aromatic heterocycles. The van der Waals surface area contributed by atoms with E-state index in [9.17, 15) is 9.59 Å². The third-order valence-corrected chi connectivity index (χ3v) is 7.54. The molecule has 1 aliphatic rings. The molecule has 37 heavy (non-hydrogen) atoms. The van der Waals surface area contributed by atoms with E-state index in [1.807, 2.05) is 73.8 Å². The zero-order chi connectivity index (χ0) is 26.2. The van der Waals surface area contributed by atoms with E-state index < -0.39 is 12.1 Å². The normalized spacial score (nSPS) is 17.5. The summed E-state index contributed by atoms with van der Waals surface area (Å²) in [6.45, 7) is 3.22. The molecule has 0 N–H and O–H groups in total. The number of anilines is 1. The van der Waals surface area contributed by atoms with E-state index in [1.165, 1.54) is 6.92 Å². The first-order chi connectivity index (χ1) is 18.0. The molecular weight excluding hydrogens is 484 g/mol. The number of nitrogens with zero attached hydrogens (tertiary/aromatic N) is 2. The van der Waals surface area contributed by atoms with Crippen LogP contribution in [0.15, 0.2) is 89.8 Å². The van der Waals surface area contributed by atoms with Crippen molar-refractivity contribution in [2.45, 2.75) is 23.2 Å². The van der Waals surface area contributed by atoms with Gasteiger partial charge in [-0.1, -0.05) is 66.7 Å². The van der Waals surface area contributed by atoms with Crippen molar-refractivity contribution in [3.8, 4) is 5.75 Å². The van der Waals surface area contributed by atoms with Gasteiger partial charge >= 0.3 is 5.97 Å². The molecule has 1 amide bonds. The Morgan fingerprint density at radius 3 is 2.43 bits per heavy atom. The molecule has 3 aromatic carbocycles. The highest BCUT2D eigenvalue weighted by atomic mass is 32.2. The quantitative estimate of drug-likeness (QED) is 0.353. The van der Waals surface area contributed by atoms with Gasteiger partial charge in [-0.25, -0.2) is 0 Å². The first-order valence-electron chi connectivity index (χ1n) is 12.2. The number of carbonyl (C=O) groups excluding carboxylic acids is 2. The summed E-state index contributed by atoms with van der Waals surface area (Å²) >= 11 is 1.54. The Labute approximate surface area is 222 Å². The first-order valence-corrected chi connectivity index (χ1v) is 13.1. The van der Waals surface area contributed by atoms with Crippen molar-refractivity contribution < 1.29 is 19.1 Å². The molecule has 6 nitrogen and oxygen atoms in total. The fourth-order valence-corrected chi connectivity index (χ4v) is 5.55. The molecule has 0 saturated heterocycles. The predicted molar refractivity (Wildman–Crippen MR) is 149 cm³/mol. The highest BCUT2D eigenvalue weighted by Gasteiger charge is 2.40. The molecule has 0 fully saturated rings. The average molecular weight is 517 g/mol. The van der Waals surface area contributed by atoms with Crippen LogP contribution in [0.25, 0.3) is 6.08 Å². The second-order valence-electron chi connectivity index (χ2n) is 8.87. The Bertz CT molecular complexity index is 1230. The highest BCUT2D eigenvalue weighted by Crippen LogP contribution is 2.46. The zero-order valence-corrected chi connectivity index (χ0v) is 22.2. The van der Waals surface area contributed by atoms with Gasteiger partial charge in [0.25, 0.3) is 5.91 Å². The zero-order valence-electron chi connectivity index (χ0n) is 21.4. The molecule has 1 heterocycles. The number of para-hydroxylation sites is 1. The van der Waals surface area contributed by atoms with Crippen molar-refractivity contribution in [1.29, 1.82) is 0 Å². The van der Waals surface area contributed by atoms with Crippen LogP contribution in [0, 0.1) is 0 Å². The number of methoxy groups -OCH3 is 1. The van der Waals surface area contributed by atoms with Crippen molar-refractivity contribution in [1.82, 2.24) is 4.90 Å². The fourth-order valence-electron chi connectivity index (χ4n) is 4.23. The Hall–Kier alpha value is -3.55. The van der Waals surface area contributed by atoms with Crippen molar-refractivity contribution in [3.05, 3.63) is 96.1 Å². The highest BCUT2D eigenvalue weighted by molar-refractivity contribution is 7.99. The number of likely N-dealkylation sites (N-methyl/N-ethyl adjacent to an activating group) is 1. The molecule has 0 bridgehead atoms. The number of carbonyl (C=O) groups is 2. The maximum Gasteiger partial charge on any atom is 0.303 e. The molecule has 192 valence electrons. The third-order valence-electron chi connectivity index (χ3n) is 6.16. The van der Waals surface area contributed by atoms with Crippen LogP contribution >= 0.6 is 11.8 Å². The van der Waals surface area contributed by atoms with E-state index in [2.05, 4.69) is 29.2 Å². The van der Waals surface area contributed by atoms with Gasteiger partial charge in [0.05, 0.1) is 18.0 Å². The summed E-state index contributed by atoms with van der Waals surface area (Å²) in [4.78, 5) is 30.9. The third kappa shape index (κ3) is 6.81. The van der Waals surface area contributed by atoms with Gasteiger partial charge in [0.15, 0.2) is 6.10 Å². The number of amides is 1. The van der Waals surface area contributed by atoms with Gasteiger partial charge in [-0.3, -0.25) is 9.59 Å². The Kier molecular flexibility index (Phi) is 9.04. The Balaban J connectivity index is 1.56. The molecule has 2 atom stereocenters. The van der Waals surface area contributed by atoms with E-state index in [-0.39, 0.29) is 11.2 Å². The monoisotopic (exact) mass is 516 g/mol. The molecular formula is C30H32N2O4S. The number of hydrogen-bond donors (Lipinski definition) is 0. The summed E-state index contributed by atoms with van der Waals surface area (Å²) < 4.78 is 11.0. The molecule has 7 heteroatoms. The van der Waals surface area contributed by atoms with Gasteiger partial charge in [-0.2, -0.15) is 0 Å². The molecule has 0 aliphatic carbocycles. The molecule has 1 unspecified atom stereocenters. The summed E-state index contributed by atoms with van der Waals surface area (Å²) in [5, 5.41) is -0.389. The molecule has 3 aromatic rings. The van der Waals surface area contributed by atoms with Crippen LogP contribution in [-0.4, -0.2) is 56.7 Å². The minimum Gasteiger partial charge on any atom is -0.497 e. The van der Waals surface area contributed by atoms with E-state index in [0.717, 1.165) is 34.0 Å². The van der Waals surface area contributed by atoms with Crippen molar-refractivity contribution >= 4 is 35.4 Å². The van der Waals surface area contributed by atoms with Crippen LogP contribution < -0.4 is 9.64 Å². The number of thioether (sulfide) groups is 1. The maximum atomic E-state index is 13.9. The largest absolute Gasteiger partial charge is 0.497 e. The van der Waals surface area contributed by atoms with Crippen molar-refractivity contribution in [3.63, 3.8) is 0 Å². The SMILES string of the molecule is COc1ccc(C2Sc3ccccc3N(CCN(C)CC=Cc3ccccc3)C(=O)[C@H]2OC(C)=O)cc1. The second kappa shape index (κ2) is 12.6. The van der Waals surface area contributed by atoms with Crippen LogP contribution in [-0.2, 0) is 14.3 Å². The van der Waals surface area contributed by atoms with Crippen LogP contribution in [0.2, 0.25) is 0 Å². The summed E-state index contributed by atoms with van der Waals surface area (Å²) in [6, 6.07) is 25.6. The minimum atomic E-state index is -0.952. The number of esters is 1. The number of benzene rings is 3. The second-order valence-corrected chi connectivity index (χ2v) is 10.1. The van der Waals surface area contributed by atoms with Crippen molar-refractivity contribution in [2.24, 2.45) is 0 Å². The standard InChI is InChI=1S/C30H32N2O4S/c1-22(33)36-28-29(24-15-17-25(35-3)18-16-24)37-27-14-8-7-13-26(27)32(30(28)34)21-20-31(2)19-9-12-23-10-5-4-6-11-23/h4-18,28-29H,19-21H2,1-3H3/t28-,29?/m0/s1. The van der Waals surface area contributed by atoms with Crippen molar-refractivity contribution in [2.75, 3.05) is 38.7 Å². The van der Waals surface area contributed by atoms with E-state index in [4.69, 9.17) is 9.47 Å². The van der Waals surface area contributed by atoms with Gasteiger partial charge in [0.2, 0.25) is 0 Å².